The van der Waals surface area contributed by atoms with Gasteiger partial charge in [0, 0.05) is 0 Å². The van der Waals surface area contributed by atoms with Crippen LogP contribution in [0.2, 0.25) is 0 Å². The highest BCUT2D eigenvalue weighted by atomic mass is 16.2. The lowest BCUT2D eigenvalue weighted by molar-refractivity contribution is -0.128. The molecule has 2 aromatic rings. The molecule has 0 aliphatic heterocycles. The van der Waals surface area contributed by atoms with Crippen LogP contribution in [0.4, 0.5) is 0 Å². The summed E-state index contributed by atoms with van der Waals surface area (Å²) in [5.74, 6) is -0.374. The smallest absolute Gasteiger partial charge is 0.237 e. The topological polar surface area (TPSA) is 84.2 Å². The Morgan fingerprint density at radius 3 is 1.96 bits per heavy atom. The summed E-state index contributed by atoms with van der Waals surface area (Å²) in [7, 11) is 1.71. The predicted molar refractivity (Wildman–Crippen MR) is 99.1 cm³/mol. The highest BCUT2D eigenvalue weighted by molar-refractivity contribution is 5.92. The van der Waals surface area contributed by atoms with Crippen LogP contribution in [0, 0.1) is 0 Å². The van der Waals surface area contributed by atoms with Gasteiger partial charge in [0.1, 0.15) is 0 Å². The van der Waals surface area contributed by atoms with Crippen molar-refractivity contribution in [3.63, 3.8) is 0 Å². The van der Waals surface area contributed by atoms with E-state index in [4.69, 9.17) is 5.73 Å². The largest absolute Gasteiger partial charge is 0.345 e. The SMILES string of the molecule is CNCC(=O)C(Cc1ccccc1)NC(=O)C(N)Cc1ccccc1. The van der Waals surface area contributed by atoms with Gasteiger partial charge in [0.2, 0.25) is 5.91 Å². The second-order valence-corrected chi connectivity index (χ2v) is 6.04. The van der Waals surface area contributed by atoms with Gasteiger partial charge in [-0.05, 0) is 31.0 Å². The second kappa shape index (κ2) is 9.71. The molecule has 0 saturated carbocycles. The van der Waals surface area contributed by atoms with Crippen LogP contribution < -0.4 is 16.4 Å². The van der Waals surface area contributed by atoms with E-state index in [9.17, 15) is 9.59 Å². The number of Topliss-reactive ketones (excluding diaryl/α,β-unsaturated/α-hetero) is 1. The minimum Gasteiger partial charge on any atom is -0.345 e. The normalized spacial score (nSPS) is 13.0. The lowest BCUT2D eigenvalue weighted by Crippen LogP contribution is -2.51. The van der Waals surface area contributed by atoms with Crippen LogP contribution in [-0.4, -0.2) is 37.4 Å². The van der Waals surface area contributed by atoms with Crippen LogP contribution in [0.3, 0.4) is 0 Å². The van der Waals surface area contributed by atoms with Crippen molar-refractivity contribution >= 4 is 11.7 Å². The zero-order valence-electron chi connectivity index (χ0n) is 14.4. The number of hydrogen-bond donors (Lipinski definition) is 3. The molecule has 0 saturated heterocycles. The molecular formula is C20H25N3O2. The van der Waals surface area contributed by atoms with Crippen LogP contribution in [0.25, 0.3) is 0 Å². The molecule has 2 rings (SSSR count). The van der Waals surface area contributed by atoms with E-state index in [1.165, 1.54) is 0 Å². The fourth-order valence-electron chi connectivity index (χ4n) is 2.63. The summed E-state index contributed by atoms with van der Waals surface area (Å²) >= 11 is 0. The first-order valence-corrected chi connectivity index (χ1v) is 8.41. The van der Waals surface area contributed by atoms with E-state index >= 15 is 0 Å². The van der Waals surface area contributed by atoms with Gasteiger partial charge in [0.05, 0.1) is 18.6 Å². The first-order valence-electron chi connectivity index (χ1n) is 8.41. The first-order chi connectivity index (χ1) is 12.1. The number of ketones is 1. The molecule has 25 heavy (non-hydrogen) atoms. The van der Waals surface area contributed by atoms with E-state index in [1.54, 1.807) is 7.05 Å². The first kappa shape index (κ1) is 18.8. The summed E-state index contributed by atoms with van der Waals surface area (Å²) in [6, 6.07) is 17.9. The number of carbonyl (C=O) groups excluding carboxylic acids is 2. The van der Waals surface area contributed by atoms with Gasteiger partial charge >= 0.3 is 0 Å². The van der Waals surface area contributed by atoms with Crippen LogP contribution in [0.15, 0.2) is 60.7 Å². The minimum atomic E-state index is -0.692. The van der Waals surface area contributed by atoms with E-state index in [2.05, 4.69) is 10.6 Å². The van der Waals surface area contributed by atoms with E-state index in [-0.39, 0.29) is 18.2 Å². The molecule has 2 atom stereocenters. The molecule has 5 nitrogen and oxygen atoms in total. The number of hydrogen-bond acceptors (Lipinski definition) is 4. The Labute approximate surface area is 148 Å². The van der Waals surface area contributed by atoms with Crippen LogP contribution in [0.1, 0.15) is 11.1 Å². The molecule has 132 valence electrons. The molecule has 0 spiro atoms. The summed E-state index contributed by atoms with van der Waals surface area (Å²) < 4.78 is 0. The quantitative estimate of drug-likeness (QED) is 0.638. The number of nitrogens with one attached hydrogen (secondary N) is 2. The highest BCUT2D eigenvalue weighted by Gasteiger charge is 2.23. The number of likely N-dealkylation sites (N-methyl/N-ethyl adjacent to an activating group) is 1. The number of amides is 1. The minimum absolute atomic E-state index is 0.0633. The summed E-state index contributed by atoms with van der Waals surface area (Å²) in [4.78, 5) is 24.8. The number of carbonyl (C=O) groups is 2. The van der Waals surface area contributed by atoms with Crippen molar-refractivity contribution in [3.05, 3.63) is 71.8 Å². The molecule has 4 N–H and O–H groups in total. The zero-order chi connectivity index (χ0) is 18.1. The van der Waals surface area contributed by atoms with Crippen molar-refractivity contribution in [3.8, 4) is 0 Å². The molecule has 0 aliphatic carbocycles. The molecule has 0 radical (unpaired) electrons. The maximum absolute atomic E-state index is 12.4. The van der Waals surface area contributed by atoms with Crippen LogP contribution in [0.5, 0.6) is 0 Å². The fourth-order valence-corrected chi connectivity index (χ4v) is 2.63. The molecule has 2 aromatic carbocycles. The van der Waals surface area contributed by atoms with Crippen molar-refractivity contribution in [2.24, 2.45) is 5.73 Å². The van der Waals surface area contributed by atoms with E-state index in [0.29, 0.717) is 12.8 Å². The Kier molecular flexibility index (Phi) is 7.32. The Balaban J connectivity index is 2.01. The summed E-state index contributed by atoms with van der Waals surface area (Å²) in [6.07, 6.45) is 0.885. The Bertz CT molecular complexity index is 674. The number of rotatable bonds is 9. The molecule has 0 heterocycles. The molecule has 5 heteroatoms. The van der Waals surface area contributed by atoms with Crippen molar-refractivity contribution in [1.29, 1.82) is 0 Å². The Hall–Kier alpha value is -2.50. The zero-order valence-corrected chi connectivity index (χ0v) is 14.4. The average molecular weight is 339 g/mol. The third-order valence-electron chi connectivity index (χ3n) is 3.97. The van der Waals surface area contributed by atoms with Crippen molar-refractivity contribution in [1.82, 2.24) is 10.6 Å². The third kappa shape index (κ3) is 6.14. The Morgan fingerprint density at radius 2 is 1.44 bits per heavy atom. The molecule has 0 fully saturated rings. The molecule has 0 bridgehead atoms. The highest BCUT2D eigenvalue weighted by Crippen LogP contribution is 2.06. The van der Waals surface area contributed by atoms with E-state index in [0.717, 1.165) is 11.1 Å². The van der Waals surface area contributed by atoms with Gasteiger partial charge in [0.15, 0.2) is 5.78 Å². The van der Waals surface area contributed by atoms with Crippen LogP contribution >= 0.6 is 0 Å². The van der Waals surface area contributed by atoms with Gasteiger partial charge < -0.3 is 16.4 Å². The molecule has 1 amide bonds. The number of benzene rings is 2. The second-order valence-electron chi connectivity index (χ2n) is 6.04. The third-order valence-corrected chi connectivity index (χ3v) is 3.97. The Morgan fingerprint density at radius 1 is 0.920 bits per heavy atom. The van der Waals surface area contributed by atoms with Gasteiger partial charge in [0.25, 0.3) is 0 Å². The molecular weight excluding hydrogens is 314 g/mol. The van der Waals surface area contributed by atoms with E-state index < -0.39 is 12.1 Å². The van der Waals surface area contributed by atoms with Gasteiger partial charge in [-0.3, -0.25) is 9.59 Å². The lowest BCUT2D eigenvalue weighted by Gasteiger charge is -2.20. The van der Waals surface area contributed by atoms with Gasteiger partial charge in [-0.2, -0.15) is 0 Å². The fraction of sp³-hybridized carbons (Fsp3) is 0.300. The van der Waals surface area contributed by atoms with E-state index in [1.807, 2.05) is 60.7 Å². The summed E-state index contributed by atoms with van der Waals surface area (Å²) in [6.45, 7) is 0.200. The molecule has 0 aliphatic rings. The van der Waals surface area contributed by atoms with Gasteiger partial charge in [-0.15, -0.1) is 0 Å². The standard InChI is InChI=1S/C20H25N3O2/c1-22-14-19(24)18(13-16-10-6-3-7-11-16)23-20(25)17(21)12-15-8-4-2-5-9-15/h2-11,17-18,22H,12-14,21H2,1H3,(H,23,25). The summed E-state index contributed by atoms with van der Waals surface area (Å²) in [5.41, 5.74) is 8.01. The predicted octanol–water partition coefficient (Wildman–Crippen LogP) is 1.07. The van der Waals surface area contributed by atoms with Crippen molar-refractivity contribution in [2.75, 3.05) is 13.6 Å². The monoisotopic (exact) mass is 339 g/mol. The number of nitrogens with two attached hydrogens (primary N) is 1. The summed E-state index contributed by atoms with van der Waals surface area (Å²) in [5, 5.41) is 5.66. The molecule has 0 aromatic heterocycles. The molecule has 2 unspecified atom stereocenters. The van der Waals surface area contributed by atoms with Crippen molar-refractivity contribution in [2.45, 2.75) is 24.9 Å². The van der Waals surface area contributed by atoms with Gasteiger partial charge in [-0.1, -0.05) is 60.7 Å². The maximum atomic E-state index is 12.4. The van der Waals surface area contributed by atoms with Crippen LogP contribution in [-0.2, 0) is 22.4 Å². The average Bonchev–Trinajstić information content (AvgIpc) is 2.63. The maximum Gasteiger partial charge on any atom is 0.237 e. The van der Waals surface area contributed by atoms with Crippen molar-refractivity contribution < 1.29 is 9.59 Å². The van der Waals surface area contributed by atoms with Gasteiger partial charge in [-0.25, -0.2) is 0 Å². The lowest BCUT2D eigenvalue weighted by atomic mass is 10.0.